The normalized spacial score (nSPS) is 11.2. The van der Waals surface area contributed by atoms with Gasteiger partial charge in [0.1, 0.15) is 11.5 Å². The second-order valence-corrected chi connectivity index (χ2v) is 8.00. The number of nitrogens with zero attached hydrogens (tertiary/aromatic N) is 2. The minimum atomic E-state index is -0.363. The lowest BCUT2D eigenvalue weighted by molar-refractivity contribution is 0.236. The average molecular weight is 393 g/mol. The number of rotatable bonds is 5. The van der Waals surface area contributed by atoms with Crippen LogP contribution in [0.1, 0.15) is 37.7 Å². The fraction of sp³-hybridized carbons (Fsp3) is 0.304. The number of anilines is 1. The van der Waals surface area contributed by atoms with Crippen LogP contribution in [0.15, 0.2) is 59.3 Å². The van der Waals surface area contributed by atoms with Gasteiger partial charge >= 0.3 is 6.03 Å². The molecular weight excluding hydrogens is 366 g/mol. The molecule has 152 valence electrons. The van der Waals surface area contributed by atoms with E-state index in [9.17, 15) is 4.79 Å². The van der Waals surface area contributed by atoms with Crippen molar-refractivity contribution in [3.05, 3.63) is 71.8 Å². The molecule has 6 heteroatoms. The molecule has 1 N–H and O–H groups in total. The van der Waals surface area contributed by atoms with Gasteiger partial charge in [-0.1, -0.05) is 12.1 Å². The van der Waals surface area contributed by atoms with Gasteiger partial charge in [0.2, 0.25) is 5.88 Å². The Kier molecular flexibility index (Phi) is 5.92. The van der Waals surface area contributed by atoms with Gasteiger partial charge < -0.3 is 14.5 Å². The first-order chi connectivity index (χ1) is 13.7. The Hall–Kier alpha value is -3.28. The van der Waals surface area contributed by atoms with Crippen LogP contribution in [0.2, 0.25) is 0 Å². The van der Waals surface area contributed by atoms with Gasteiger partial charge in [-0.3, -0.25) is 4.90 Å². The van der Waals surface area contributed by atoms with Gasteiger partial charge in [0.25, 0.3) is 0 Å². The molecule has 0 saturated heterocycles. The average Bonchev–Trinajstić information content (AvgIpc) is 3.16. The summed E-state index contributed by atoms with van der Waals surface area (Å²) in [6.45, 7) is 10.2. The zero-order chi connectivity index (χ0) is 21.0. The Bertz CT molecular complexity index is 958. The summed E-state index contributed by atoms with van der Waals surface area (Å²) in [7, 11) is 0. The summed E-state index contributed by atoms with van der Waals surface area (Å²) < 4.78 is 11.3. The topological polar surface area (TPSA) is 67.6 Å². The zero-order valence-electron chi connectivity index (χ0n) is 17.5. The molecule has 3 aromatic rings. The zero-order valence-corrected chi connectivity index (χ0v) is 17.5. The second kappa shape index (κ2) is 8.39. The van der Waals surface area contributed by atoms with E-state index in [0.29, 0.717) is 23.9 Å². The van der Waals surface area contributed by atoms with E-state index < -0.39 is 0 Å². The Morgan fingerprint density at radius 1 is 1.14 bits per heavy atom. The van der Waals surface area contributed by atoms with Crippen molar-refractivity contribution in [1.29, 1.82) is 0 Å². The standard InChI is InChI=1S/C23H27N3O3/c1-16-8-6-10-20(17(16)2)29-21-12-11-18(14-24-21)26(15-19-9-7-13-28-19)22(27)25-23(3,4)5/h6-14H,15H2,1-5H3,(H,25,27). The number of carbonyl (C=O) groups excluding carboxylic acids is 1. The number of furan rings is 1. The monoisotopic (exact) mass is 393 g/mol. The predicted octanol–water partition coefficient (Wildman–Crippen LogP) is 5.60. The lowest BCUT2D eigenvalue weighted by atomic mass is 10.1. The molecule has 0 unspecified atom stereocenters. The highest BCUT2D eigenvalue weighted by Gasteiger charge is 2.22. The van der Waals surface area contributed by atoms with Crippen LogP contribution < -0.4 is 15.0 Å². The summed E-state index contributed by atoms with van der Waals surface area (Å²) in [4.78, 5) is 18.9. The summed E-state index contributed by atoms with van der Waals surface area (Å²) in [5, 5.41) is 2.98. The third kappa shape index (κ3) is 5.38. The molecule has 1 aromatic carbocycles. The summed E-state index contributed by atoms with van der Waals surface area (Å²) in [6, 6.07) is 12.9. The number of urea groups is 1. The van der Waals surface area contributed by atoms with Gasteiger partial charge in [0.05, 0.1) is 24.7 Å². The van der Waals surface area contributed by atoms with Crippen LogP contribution in [0.3, 0.4) is 0 Å². The van der Waals surface area contributed by atoms with Gasteiger partial charge in [-0.2, -0.15) is 0 Å². The van der Waals surface area contributed by atoms with Crippen molar-refractivity contribution in [2.24, 2.45) is 0 Å². The van der Waals surface area contributed by atoms with E-state index in [0.717, 1.165) is 16.9 Å². The summed E-state index contributed by atoms with van der Waals surface area (Å²) in [5.74, 6) is 1.92. The van der Waals surface area contributed by atoms with E-state index in [2.05, 4.69) is 10.3 Å². The van der Waals surface area contributed by atoms with Crippen LogP contribution in [0, 0.1) is 13.8 Å². The molecule has 0 atom stereocenters. The highest BCUT2D eigenvalue weighted by molar-refractivity contribution is 5.92. The highest BCUT2D eigenvalue weighted by atomic mass is 16.5. The van der Waals surface area contributed by atoms with E-state index >= 15 is 0 Å². The molecule has 6 nitrogen and oxygen atoms in total. The minimum Gasteiger partial charge on any atom is -0.467 e. The lowest BCUT2D eigenvalue weighted by Crippen LogP contribution is -2.48. The molecule has 0 saturated carbocycles. The number of pyridine rings is 1. The van der Waals surface area contributed by atoms with Crippen molar-refractivity contribution in [3.8, 4) is 11.6 Å². The van der Waals surface area contributed by atoms with Crippen molar-refractivity contribution in [3.63, 3.8) is 0 Å². The molecule has 29 heavy (non-hydrogen) atoms. The number of carbonyl (C=O) groups is 1. The van der Waals surface area contributed by atoms with Gasteiger partial charge in [-0.25, -0.2) is 9.78 Å². The predicted molar refractivity (Wildman–Crippen MR) is 113 cm³/mol. The molecule has 0 fully saturated rings. The number of hydrogen-bond acceptors (Lipinski definition) is 4. The number of nitrogens with one attached hydrogen (secondary N) is 1. The lowest BCUT2D eigenvalue weighted by Gasteiger charge is -2.28. The van der Waals surface area contributed by atoms with Crippen LogP contribution in [0.4, 0.5) is 10.5 Å². The minimum absolute atomic E-state index is 0.223. The summed E-state index contributed by atoms with van der Waals surface area (Å²) in [5.41, 5.74) is 2.51. The van der Waals surface area contributed by atoms with Crippen LogP contribution in [0.5, 0.6) is 11.6 Å². The third-order valence-electron chi connectivity index (χ3n) is 4.42. The van der Waals surface area contributed by atoms with Crippen molar-refractivity contribution in [2.75, 3.05) is 4.90 Å². The van der Waals surface area contributed by atoms with Crippen molar-refractivity contribution in [2.45, 2.75) is 46.7 Å². The van der Waals surface area contributed by atoms with Crippen LogP contribution in [-0.2, 0) is 6.54 Å². The van der Waals surface area contributed by atoms with Crippen molar-refractivity contribution in [1.82, 2.24) is 10.3 Å². The first kappa shape index (κ1) is 20.5. The van der Waals surface area contributed by atoms with Gasteiger partial charge in [0.15, 0.2) is 0 Å². The molecule has 0 radical (unpaired) electrons. The highest BCUT2D eigenvalue weighted by Crippen LogP contribution is 2.27. The molecule has 3 rings (SSSR count). The van der Waals surface area contributed by atoms with E-state index in [1.807, 2.05) is 65.0 Å². The Morgan fingerprint density at radius 3 is 2.55 bits per heavy atom. The Morgan fingerprint density at radius 2 is 1.93 bits per heavy atom. The fourth-order valence-electron chi connectivity index (χ4n) is 2.77. The largest absolute Gasteiger partial charge is 0.467 e. The molecule has 0 spiro atoms. The van der Waals surface area contributed by atoms with Crippen molar-refractivity contribution < 1.29 is 13.9 Å². The Balaban J connectivity index is 1.82. The first-order valence-corrected chi connectivity index (χ1v) is 9.55. The van der Waals surface area contributed by atoms with Gasteiger partial charge in [-0.05, 0) is 70.0 Å². The number of benzene rings is 1. The van der Waals surface area contributed by atoms with E-state index in [1.54, 1.807) is 29.5 Å². The number of amides is 2. The van der Waals surface area contributed by atoms with Gasteiger partial charge in [0, 0.05) is 11.6 Å². The molecule has 0 bridgehead atoms. The Labute approximate surface area is 171 Å². The van der Waals surface area contributed by atoms with E-state index in [4.69, 9.17) is 9.15 Å². The molecule has 0 aliphatic rings. The summed E-state index contributed by atoms with van der Waals surface area (Å²) in [6.07, 6.45) is 3.22. The molecule has 0 aliphatic carbocycles. The maximum Gasteiger partial charge on any atom is 0.322 e. The third-order valence-corrected chi connectivity index (χ3v) is 4.42. The molecule has 2 heterocycles. The molecule has 0 aliphatic heterocycles. The SMILES string of the molecule is Cc1cccc(Oc2ccc(N(Cc3ccco3)C(=O)NC(C)(C)C)cn2)c1C. The van der Waals surface area contributed by atoms with Crippen LogP contribution in [0.25, 0.3) is 0 Å². The van der Waals surface area contributed by atoms with E-state index in [-0.39, 0.29) is 11.6 Å². The quantitative estimate of drug-likeness (QED) is 0.613. The van der Waals surface area contributed by atoms with Crippen molar-refractivity contribution >= 4 is 11.7 Å². The molecular formula is C23H27N3O3. The summed E-state index contributed by atoms with van der Waals surface area (Å²) >= 11 is 0. The second-order valence-electron chi connectivity index (χ2n) is 8.00. The van der Waals surface area contributed by atoms with Crippen LogP contribution >= 0.6 is 0 Å². The smallest absolute Gasteiger partial charge is 0.322 e. The number of ether oxygens (including phenoxy) is 1. The molecule has 2 aromatic heterocycles. The van der Waals surface area contributed by atoms with E-state index in [1.165, 1.54) is 0 Å². The maximum absolute atomic E-state index is 12.9. The van der Waals surface area contributed by atoms with Gasteiger partial charge in [-0.15, -0.1) is 0 Å². The molecule has 2 amide bonds. The number of aryl methyl sites for hydroxylation is 1. The van der Waals surface area contributed by atoms with Crippen LogP contribution in [-0.4, -0.2) is 16.6 Å². The fourth-order valence-corrected chi connectivity index (χ4v) is 2.77. The first-order valence-electron chi connectivity index (χ1n) is 9.55. The number of aromatic nitrogens is 1. The maximum atomic E-state index is 12.9. The number of hydrogen-bond donors (Lipinski definition) is 1.